The number of hydrogen-bond acceptors (Lipinski definition) is 4. The first-order chi connectivity index (χ1) is 8.84. The summed E-state index contributed by atoms with van der Waals surface area (Å²) in [6.07, 6.45) is 2.76. The second kappa shape index (κ2) is 4.83. The highest BCUT2D eigenvalue weighted by molar-refractivity contribution is 5.36. The monoisotopic (exact) mass is 248 g/mol. The van der Waals surface area contributed by atoms with E-state index >= 15 is 0 Å². The molecule has 1 aliphatic heterocycles. The number of halogens is 1. The number of benzene rings is 1. The molecule has 1 atom stereocenters. The third-order valence-corrected chi connectivity index (χ3v) is 2.94. The average Bonchev–Trinajstić information content (AvgIpc) is 2.93. The lowest BCUT2D eigenvalue weighted by Gasteiger charge is -2.24. The van der Waals surface area contributed by atoms with Gasteiger partial charge in [-0.2, -0.15) is 5.10 Å². The molecule has 1 aromatic heterocycles. The zero-order valence-electron chi connectivity index (χ0n) is 9.71. The molecular weight excluding hydrogens is 235 g/mol. The van der Waals surface area contributed by atoms with E-state index in [1.165, 1.54) is 23.4 Å². The largest absolute Gasteiger partial charge is 0.371 e. The number of nitrogens with zero attached hydrogens (tertiary/aromatic N) is 3. The van der Waals surface area contributed by atoms with Crippen LogP contribution in [0.3, 0.4) is 0 Å². The highest BCUT2D eigenvalue weighted by Crippen LogP contribution is 2.22. The number of aromatic nitrogens is 3. The van der Waals surface area contributed by atoms with Gasteiger partial charge in [-0.05, 0) is 17.7 Å². The Bertz CT molecular complexity index is 523. The van der Waals surface area contributed by atoms with Crippen LogP contribution in [0.2, 0.25) is 0 Å². The van der Waals surface area contributed by atoms with Crippen LogP contribution in [-0.4, -0.2) is 34.5 Å². The van der Waals surface area contributed by atoms with E-state index in [1.54, 1.807) is 6.07 Å². The van der Waals surface area contributed by atoms with Crippen LogP contribution < -0.4 is 5.32 Å². The van der Waals surface area contributed by atoms with Gasteiger partial charge in [0, 0.05) is 13.1 Å². The summed E-state index contributed by atoms with van der Waals surface area (Å²) in [6, 6.07) is 5.05. The van der Waals surface area contributed by atoms with E-state index in [2.05, 4.69) is 15.4 Å². The van der Waals surface area contributed by atoms with Crippen molar-refractivity contribution in [3.8, 4) is 5.69 Å². The molecule has 0 radical (unpaired) electrons. The Balaban J connectivity index is 1.89. The Labute approximate surface area is 104 Å². The molecule has 1 saturated heterocycles. The lowest BCUT2D eigenvalue weighted by atomic mass is 10.1. The molecule has 94 valence electrons. The van der Waals surface area contributed by atoms with Gasteiger partial charge in [0.2, 0.25) is 0 Å². The maximum absolute atomic E-state index is 14.0. The summed E-state index contributed by atoms with van der Waals surface area (Å²) in [5.41, 5.74) is 1.23. The summed E-state index contributed by atoms with van der Waals surface area (Å²) in [5.74, 6) is -0.327. The lowest BCUT2D eigenvalue weighted by Crippen LogP contribution is -2.33. The average molecular weight is 248 g/mol. The molecule has 0 amide bonds. The van der Waals surface area contributed by atoms with E-state index in [-0.39, 0.29) is 11.9 Å². The van der Waals surface area contributed by atoms with Crippen molar-refractivity contribution in [1.29, 1.82) is 0 Å². The van der Waals surface area contributed by atoms with Crippen LogP contribution in [0.1, 0.15) is 11.7 Å². The molecule has 2 heterocycles. The maximum Gasteiger partial charge on any atom is 0.149 e. The van der Waals surface area contributed by atoms with Crippen LogP contribution in [-0.2, 0) is 4.74 Å². The molecule has 3 rings (SSSR count). The van der Waals surface area contributed by atoms with Crippen LogP contribution in [0.15, 0.2) is 30.9 Å². The molecule has 1 fully saturated rings. The Morgan fingerprint density at radius 3 is 3.06 bits per heavy atom. The van der Waals surface area contributed by atoms with Crippen molar-refractivity contribution in [2.24, 2.45) is 0 Å². The standard InChI is InChI=1S/C12H13FN4O/c13-10-5-9(12-6-14-3-4-18-12)1-2-11(10)17-8-15-7-16-17/h1-2,5,7-8,12,14H,3-4,6H2. The van der Waals surface area contributed by atoms with Crippen molar-refractivity contribution < 1.29 is 9.13 Å². The fourth-order valence-corrected chi connectivity index (χ4v) is 2.02. The van der Waals surface area contributed by atoms with Crippen molar-refractivity contribution in [1.82, 2.24) is 20.1 Å². The lowest BCUT2D eigenvalue weighted by molar-refractivity contribution is 0.0275. The van der Waals surface area contributed by atoms with Gasteiger partial charge in [-0.1, -0.05) is 6.07 Å². The molecule has 18 heavy (non-hydrogen) atoms. The first-order valence-corrected chi connectivity index (χ1v) is 5.81. The normalized spacial score (nSPS) is 19.9. The maximum atomic E-state index is 14.0. The van der Waals surface area contributed by atoms with E-state index in [0.717, 1.165) is 12.1 Å². The molecule has 6 heteroatoms. The molecule has 0 saturated carbocycles. The Hall–Kier alpha value is -1.79. The third kappa shape index (κ3) is 2.12. The summed E-state index contributed by atoms with van der Waals surface area (Å²) in [6.45, 7) is 2.20. The molecular formula is C12H13FN4O. The summed E-state index contributed by atoms with van der Waals surface area (Å²) in [7, 11) is 0. The molecule has 5 nitrogen and oxygen atoms in total. The van der Waals surface area contributed by atoms with Gasteiger partial charge in [0.15, 0.2) is 0 Å². The van der Waals surface area contributed by atoms with Crippen LogP contribution in [0.25, 0.3) is 5.69 Å². The van der Waals surface area contributed by atoms with E-state index in [0.29, 0.717) is 18.8 Å². The minimum Gasteiger partial charge on any atom is -0.371 e. The van der Waals surface area contributed by atoms with Crippen molar-refractivity contribution >= 4 is 0 Å². The predicted molar refractivity (Wildman–Crippen MR) is 62.9 cm³/mol. The topological polar surface area (TPSA) is 52.0 Å². The minimum atomic E-state index is -0.327. The highest BCUT2D eigenvalue weighted by atomic mass is 19.1. The number of morpholine rings is 1. The summed E-state index contributed by atoms with van der Waals surface area (Å²) in [5, 5.41) is 7.13. The van der Waals surface area contributed by atoms with E-state index in [9.17, 15) is 4.39 Å². The molecule has 0 spiro atoms. The van der Waals surface area contributed by atoms with Gasteiger partial charge in [-0.25, -0.2) is 14.1 Å². The summed E-state index contributed by atoms with van der Waals surface area (Å²) in [4.78, 5) is 3.80. The minimum absolute atomic E-state index is 0.0851. The quantitative estimate of drug-likeness (QED) is 0.863. The van der Waals surface area contributed by atoms with Crippen LogP contribution in [0, 0.1) is 5.82 Å². The van der Waals surface area contributed by atoms with Gasteiger partial charge in [-0.3, -0.25) is 0 Å². The molecule has 1 N–H and O–H groups in total. The first kappa shape index (κ1) is 11.3. The second-order valence-corrected chi connectivity index (χ2v) is 4.11. The molecule has 2 aromatic rings. The van der Waals surface area contributed by atoms with E-state index in [4.69, 9.17) is 4.74 Å². The summed E-state index contributed by atoms with van der Waals surface area (Å²) >= 11 is 0. The van der Waals surface area contributed by atoms with Crippen molar-refractivity contribution in [3.63, 3.8) is 0 Å². The number of ether oxygens (including phenoxy) is 1. The Morgan fingerprint density at radius 2 is 2.39 bits per heavy atom. The third-order valence-electron chi connectivity index (χ3n) is 2.94. The SMILES string of the molecule is Fc1cc(C2CNCCO2)ccc1-n1cncn1. The fraction of sp³-hybridized carbons (Fsp3) is 0.333. The predicted octanol–water partition coefficient (Wildman–Crippen LogP) is 1.07. The second-order valence-electron chi connectivity index (χ2n) is 4.11. The van der Waals surface area contributed by atoms with E-state index < -0.39 is 0 Å². The number of hydrogen-bond donors (Lipinski definition) is 1. The van der Waals surface area contributed by atoms with Crippen LogP contribution in [0.5, 0.6) is 0 Å². The molecule has 0 aliphatic carbocycles. The van der Waals surface area contributed by atoms with Crippen molar-refractivity contribution in [3.05, 3.63) is 42.2 Å². The van der Waals surface area contributed by atoms with Gasteiger partial charge in [0.05, 0.1) is 12.7 Å². The zero-order valence-corrected chi connectivity index (χ0v) is 9.71. The Morgan fingerprint density at radius 1 is 1.44 bits per heavy atom. The summed E-state index contributed by atoms with van der Waals surface area (Å²) < 4.78 is 21.0. The first-order valence-electron chi connectivity index (χ1n) is 5.81. The van der Waals surface area contributed by atoms with Gasteiger partial charge >= 0.3 is 0 Å². The van der Waals surface area contributed by atoms with Gasteiger partial charge < -0.3 is 10.1 Å². The molecule has 0 bridgehead atoms. The van der Waals surface area contributed by atoms with Crippen molar-refractivity contribution in [2.75, 3.05) is 19.7 Å². The van der Waals surface area contributed by atoms with Crippen molar-refractivity contribution in [2.45, 2.75) is 6.10 Å². The number of rotatable bonds is 2. The molecule has 1 unspecified atom stereocenters. The highest BCUT2D eigenvalue weighted by Gasteiger charge is 2.17. The molecule has 1 aliphatic rings. The smallest absolute Gasteiger partial charge is 0.149 e. The van der Waals surface area contributed by atoms with Crippen LogP contribution >= 0.6 is 0 Å². The Kier molecular flexibility index (Phi) is 3.04. The fourth-order valence-electron chi connectivity index (χ4n) is 2.02. The number of nitrogens with one attached hydrogen (secondary N) is 1. The van der Waals surface area contributed by atoms with Crippen LogP contribution in [0.4, 0.5) is 4.39 Å². The van der Waals surface area contributed by atoms with Gasteiger partial charge in [0.25, 0.3) is 0 Å². The van der Waals surface area contributed by atoms with Gasteiger partial charge in [0.1, 0.15) is 24.2 Å². The van der Waals surface area contributed by atoms with E-state index in [1.807, 2.05) is 6.07 Å². The molecule has 1 aromatic carbocycles. The zero-order chi connectivity index (χ0) is 12.4. The van der Waals surface area contributed by atoms with Gasteiger partial charge in [-0.15, -0.1) is 0 Å².